The lowest BCUT2D eigenvalue weighted by Crippen LogP contribution is -2.43. The molecule has 2 heterocycles. The van der Waals surface area contributed by atoms with Crippen molar-refractivity contribution in [1.29, 1.82) is 0 Å². The highest BCUT2D eigenvalue weighted by Gasteiger charge is 2.24. The Morgan fingerprint density at radius 2 is 1.87 bits per heavy atom. The SMILES string of the molecule is O=C(CC1CN(Cc2ccccc2)CCO1)Nc1cc(Cl)ccc1N1CCCCC1. The second-order valence-electron chi connectivity index (χ2n) is 8.17. The fourth-order valence-electron chi connectivity index (χ4n) is 4.32. The zero-order valence-electron chi connectivity index (χ0n) is 17.4. The number of ether oxygens (including phenoxy) is 1. The highest BCUT2D eigenvalue weighted by Crippen LogP contribution is 2.31. The molecule has 1 unspecified atom stereocenters. The van der Waals surface area contributed by atoms with E-state index in [1.54, 1.807) is 0 Å². The minimum absolute atomic E-state index is 0.0258. The summed E-state index contributed by atoms with van der Waals surface area (Å²) in [6.45, 7) is 5.23. The highest BCUT2D eigenvalue weighted by atomic mass is 35.5. The van der Waals surface area contributed by atoms with Gasteiger partial charge in [-0.15, -0.1) is 0 Å². The average molecular weight is 428 g/mol. The van der Waals surface area contributed by atoms with Crippen LogP contribution in [0.4, 0.5) is 11.4 Å². The topological polar surface area (TPSA) is 44.8 Å². The molecular formula is C24H30ClN3O2. The van der Waals surface area contributed by atoms with Gasteiger partial charge in [0.05, 0.1) is 30.5 Å². The molecule has 0 saturated carbocycles. The Hall–Kier alpha value is -2.08. The summed E-state index contributed by atoms with van der Waals surface area (Å²) in [4.78, 5) is 17.5. The predicted octanol–water partition coefficient (Wildman–Crippen LogP) is 4.56. The lowest BCUT2D eigenvalue weighted by Gasteiger charge is -2.33. The number of morpholine rings is 1. The van der Waals surface area contributed by atoms with Crippen LogP contribution in [0, 0.1) is 0 Å². The van der Waals surface area contributed by atoms with E-state index in [1.165, 1.54) is 24.8 Å². The molecule has 160 valence electrons. The van der Waals surface area contributed by atoms with Gasteiger partial charge in [-0.2, -0.15) is 0 Å². The lowest BCUT2D eigenvalue weighted by atomic mass is 10.1. The van der Waals surface area contributed by atoms with Gasteiger partial charge in [0.1, 0.15) is 0 Å². The van der Waals surface area contributed by atoms with Crippen molar-refractivity contribution < 1.29 is 9.53 Å². The van der Waals surface area contributed by atoms with Crippen molar-refractivity contribution in [3.63, 3.8) is 0 Å². The smallest absolute Gasteiger partial charge is 0.227 e. The summed E-state index contributed by atoms with van der Waals surface area (Å²) >= 11 is 6.23. The van der Waals surface area contributed by atoms with Gasteiger partial charge >= 0.3 is 0 Å². The predicted molar refractivity (Wildman–Crippen MR) is 122 cm³/mol. The summed E-state index contributed by atoms with van der Waals surface area (Å²) in [6.07, 6.45) is 3.88. The van der Waals surface area contributed by atoms with Crippen LogP contribution in [0.1, 0.15) is 31.2 Å². The first-order valence-electron chi connectivity index (χ1n) is 10.9. The van der Waals surface area contributed by atoms with Gasteiger partial charge in [0.2, 0.25) is 5.91 Å². The molecule has 1 atom stereocenters. The van der Waals surface area contributed by atoms with E-state index < -0.39 is 0 Å². The van der Waals surface area contributed by atoms with Gasteiger partial charge in [-0.1, -0.05) is 41.9 Å². The molecule has 2 aliphatic heterocycles. The molecule has 30 heavy (non-hydrogen) atoms. The molecule has 0 bridgehead atoms. The molecule has 2 saturated heterocycles. The van der Waals surface area contributed by atoms with Crippen LogP contribution in [0.5, 0.6) is 0 Å². The molecule has 2 aromatic carbocycles. The van der Waals surface area contributed by atoms with Gasteiger partial charge < -0.3 is 15.0 Å². The lowest BCUT2D eigenvalue weighted by molar-refractivity contribution is -0.121. The molecular weight excluding hydrogens is 398 g/mol. The number of hydrogen-bond acceptors (Lipinski definition) is 4. The van der Waals surface area contributed by atoms with E-state index in [1.807, 2.05) is 24.3 Å². The average Bonchev–Trinajstić information content (AvgIpc) is 2.75. The number of anilines is 2. The largest absolute Gasteiger partial charge is 0.375 e. The van der Waals surface area contributed by atoms with Gasteiger partial charge in [-0.25, -0.2) is 0 Å². The Labute approximate surface area is 184 Å². The Balaban J connectivity index is 1.35. The minimum Gasteiger partial charge on any atom is -0.375 e. The van der Waals surface area contributed by atoms with Crippen molar-refractivity contribution in [3.8, 4) is 0 Å². The maximum absolute atomic E-state index is 12.8. The Kier molecular flexibility index (Phi) is 7.26. The van der Waals surface area contributed by atoms with Gasteiger partial charge in [0, 0.05) is 37.7 Å². The first-order chi connectivity index (χ1) is 14.7. The van der Waals surface area contributed by atoms with Gasteiger partial charge in [-0.3, -0.25) is 9.69 Å². The van der Waals surface area contributed by atoms with E-state index >= 15 is 0 Å². The van der Waals surface area contributed by atoms with Crippen LogP contribution >= 0.6 is 11.6 Å². The second-order valence-corrected chi connectivity index (χ2v) is 8.61. The van der Waals surface area contributed by atoms with Crippen molar-refractivity contribution in [3.05, 3.63) is 59.1 Å². The van der Waals surface area contributed by atoms with Crippen LogP contribution in [0.25, 0.3) is 0 Å². The zero-order chi connectivity index (χ0) is 20.8. The first kappa shape index (κ1) is 21.2. The maximum atomic E-state index is 12.8. The molecule has 5 nitrogen and oxygen atoms in total. The number of nitrogens with zero attached hydrogens (tertiary/aromatic N) is 2. The first-order valence-corrected chi connectivity index (χ1v) is 11.3. The number of hydrogen-bond donors (Lipinski definition) is 1. The molecule has 2 aliphatic rings. The van der Waals surface area contributed by atoms with E-state index in [-0.39, 0.29) is 12.0 Å². The Morgan fingerprint density at radius 1 is 1.07 bits per heavy atom. The minimum atomic E-state index is -0.0971. The molecule has 1 N–H and O–H groups in total. The molecule has 0 aliphatic carbocycles. The van der Waals surface area contributed by atoms with Crippen LogP contribution in [0.15, 0.2) is 48.5 Å². The molecule has 0 aromatic heterocycles. The molecule has 2 aromatic rings. The van der Waals surface area contributed by atoms with E-state index in [9.17, 15) is 4.79 Å². The van der Waals surface area contributed by atoms with Crippen LogP contribution in [0.2, 0.25) is 5.02 Å². The third kappa shape index (κ3) is 5.75. The zero-order valence-corrected chi connectivity index (χ0v) is 18.1. The van der Waals surface area contributed by atoms with Gasteiger partial charge in [-0.05, 0) is 43.0 Å². The van der Waals surface area contributed by atoms with Crippen molar-refractivity contribution in [1.82, 2.24) is 4.90 Å². The number of carbonyl (C=O) groups is 1. The summed E-state index contributed by atoms with van der Waals surface area (Å²) < 4.78 is 5.89. The monoisotopic (exact) mass is 427 g/mol. The van der Waals surface area contributed by atoms with Crippen molar-refractivity contribution in [2.75, 3.05) is 43.0 Å². The number of amides is 1. The van der Waals surface area contributed by atoms with Crippen molar-refractivity contribution in [2.45, 2.75) is 38.3 Å². The van der Waals surface area contributed by atoms with E-state index in [0.29, 0.717) is 18.1 Å². The standard InChI is InChI=1S/C24H30ClN3O2/c25-20-9-10-23(28-11-5-2-6-12-28)22(15-20)26-24(29)16-21-18-27(13-14-30-21)17-19-7-3-1-4-8-19/h1,3-4,7-10,15,21H,2,5-6,11-14,16-18H2,(H,26,29). The summed E-state index contributed by atoms with van der Waals surface area (Å²) in [7, 11) is 0. The van der Waals surface area contributed by atoms with Gasteiger partial charge in [0.25, 0.3) is 0 Å². The number of rotatable bonds is 6. The summed E-state index contributed by atoms with van der Waals surface area (Å²) in [5.41, 5.74) is 3.14. The van der Waals surface area contributed by atoms with Crippen molar-refractivity contribution >= 4 is 28.9 Å². The fourth-order valence-corrected chi connectivity index (χ4v) is 4.49. The van der Waals surface area contributed by atoms with Crippen LogP contribution < -0.4 is 10.2 Å². The third-order valence-corrected chi connectivity index (χ3v) is 6.05. The Bertz CT molecular complexity index is 840. The molecule has 2 fully saturated rings. The highest BCUT2D eigenvalue weighted by molar-refractivity contribution is 6.31. The van der Waals surface area contributed by atoms with Crippen molar-refractivity contribution in [2.24, 2.45) is 0 Å². The molecule has 1 amide bonds. The second kappa shape index (κ2) is 10.3. The summed E-state index contributed by atoms with van der Waals surface area (Å²) in [6, 6.07) is 16.2. The number of nitrogens with one attached hydrogen (secondary N) is 1. The van der Waals surface area contributed by atoms with Crippen LogP contribution in [-0.2, 0) is 16.1 Å². The van der Waals surface area contributed by atoms with Gasteiger partial charge in [0.15, 0.2) is 0 Å². The Morgan fingerprint density at radius 3 is 2.67 bits per heavy atom. The molecule has 6 heteroatoms. The molecule has 0 spiro atoms. The number of carbonyl (C=O) groups excluding carboxylic acids is 1. The van der Waals surface area contributed by atoms with E-state index in [2.05, 4.69) is 39.4 Å². The normalized spacial score (nSPS) is 20.2. The van der Waals surface area contributed by atoms with E-state index in [0.717, 1.165) is 44.1 Å². The number of piperidine rings is 1. The van der Waals surface area contributed by atoms with E-state index in [4.69, 9.17) is 16.3 Å². The molecule has 4 rings (SSSR count). The number of benzene rings is 2. The quantitative estimate of drug-likeness (QED) is 0.734. The summed E-state index contributed by atoms with van der Waals surface area (Å²) in [5, 5.41) is 3.73. The maximum Gasteiger partial charge on any atom is 0.227 e. The third-order valence-electron chi connectivity index (χ3n) is 5.81. The number of halogens is 1. The summed E-state index contributed by atoms with van der Waals surface area (Å²) in [5.74, 6) is -0.0258. The fraction of sp³-hybridized carbons (Fsp3) is 0.458. The van der Waals surface area contributed by atoms with Crippen LogP contribution in [0.3, 0.4) is 0 Å². The van der Waals surface area contributed by atoms with Crippen LogP contribution in [-0.4, -0.2) is 49.7 Å². The molecule has 0 radical (unpaired) electrons.